The molecule has 0 amide bonds. The van der Waals surface area contributed by atoms with E-state index in [-0.39, 0.29) is 58.2 Å². The molecule has 5 aromatic rings. The van der Waals surface area contributed by atoms with E-state index in [4.69, 9.17) is 21.4 Å². The van der Waals surface area contributed by atoms with Crippen LogP contribution in [-0.4, -0.2) is 45.8 Å². The molecule has 0 saturated carbocycles. The predicted molar refractivity (Wildman–Crippen MR) is 181 cm³/mol. The number of carboxylic acids is 1. The van der Waals surface area contributed by atoms with Gasteiger partial charge < -0.3 is 14.8 Å². The number of nitrogens with zero attached hydrogens (tertiary/aromatic N) is 2. The highest BCUT2D eigenvalue weighted by atomic mass is 35.5. The van der Waals surface area contributed by atoms with E-state index in [1.807, 2.05) is 38.1 Å². The van der Waals surface area contributed by atoms with Crippen LogP contribution < -0.4 is 4.74 Å². The van der Waals surface area contributed by atoms with E-state index in [0.29, 0.717) is 42.1 Å². The summed E-state index contributed by atoms with van der Waals surface area (Å²) in [4.78, 5) is 14.2. The van der Waals surface area contributed by atoms with E-state index < -0.39 is 32.9 Å². The maximum atomic E-state index is 15.6. The highest BCUT2D eigenvalue weighted by Gasteiger charge is 2.29. The van der Waals surface area contributed by atoms with Gasteiger partial charge in [0.25, 0.3) is 0 Å². The van der Waals surface area contributed by atoms with Crippen molar-refractivity contribution >= 4 is 38.3 Å². The molecule has 8 nitrogen and oxygen atoms in total. The second-order valence-corrected chi connectivity index (χ2v) is 15.8. The molecule has 0 saturated heterocycles. The number of halogens is 3. The predicted octanol–water partition coefficient (Wildman–Crippen LogP) is 8.53. The van der Waals surface area contributed by atoms with E-state index >= 15 is 8.78 Å². The highest BCUT2D eigenvalue weighted by molar-refractivity contribution is 7.91. The lowest BCUT2D eigenvalue weighted by Gasteiger charge is -2.26. The van der Waals surface area contributed by atoms with Gasteiger partial charge in [0.1, 0.15) is 17.3 Å². The number of aryl methyl sites for hydroxylation is 2. The number of fused-ring (bicyclic) bond motifs is 8. The fourth-order valence-corrected chi connectivity index (χ4v) is 8.82. The molecule has 1 unspecified atom stereocenters. The number of carbonyl (C=O) groups is 1. The summed E-state index contributed by atoms with van der Waals surface area (Å²) in [7, 11) is -3.58. The van der Waals surface area contributed by atoms with Crippen LogP contribution in [0.1, 0.15) is 62.3 Å². The van der Waals surface area contributed by atoms with Gasteiger partial charge in [-0.15, -0.1) is 0 Å². The largest absolute Gasteiger partial charge is 0.481 e. The number of aliphatic carboxylic acids is 1. The number of hydrogen-bond donors (Lipinski definition) is 2. The van der Waals surface area contributed by atoms with E-state index in [2.05, 4.69) is 4.98 Å². The lowest BCUT2D eigenvalue weighted by atomic mass is 9.87. The summed E-state index contributed by atoms with van der Waals surface area (Å²) in [5.41, 5.74) is 2.28. The zero-order valence-electron chi connectivity index (χ0n) is 26.6. The average molecular weight is 696 g/mol. The average Bonchev–Trinajstić information content (AvgIpc) is 3.64. The minimum Gasteiger partial charge on any atom is -0.481 e. The third-order valence-corrected chi connectivity index (χ3v) is 11.2. The number of aromatic amines is 1. The smallest absolute Gasteiger partial charge is 0.303 e. The molecular formula is C36H36ClF2N3O5S. The summed E-state index contributed by atoms with van der Waals surface area (Å²) in [5.74, 6) is -2.46. The van der Waals surface area contributed by atoms with Gasteiger partial charge in [-0.2, -0.15) is 5.10 Å². The Kier molecular flexibility index (Phi) is 9.37. The Morgan fingerprint density at radius 1 is 1.15 bits per heavy atom. The molecule has 1 aliphatic heterocycles. The monoisotopic (exact) mass is 695 g/mol. The van der Waals surface area contributed by atoms with Crippen molar-refractivity contribution in [3.05, 3.63) is 100 Å². The molecule has 0 fully saturated rings. The second-order valence-electron chi connectivity index (χ2n) is 13.2. The lowest BCUT2D eigenvalue weighted by Crippen LogP contribution is -2.27. The third kappa shape index (κ3) is 7.42. The number of aromatic nitrogens is 3. The first-order valence-electron chi connectivity index (χ1n) is 15.8. The first-order chi connectivity index (χ1) is 22.8. The number of benzene rings is 3. The molecule has 252 valence electrons. The summed E-state index contributed by atoms with van der Waals surface area (Å²) >= 11 is 6.72. The topological polar surface area (TPSA) is 114 Å². The van der Waals surface area contributed by atoms with Gasteiger partial charge in [0.15, 0.2) is 21.4 Å². The van der Waals surface area contributed by atoms with Gasteiger partial charge in [-0.05, 0) is 66.5 Å². The number of nitrogens with one attached hydrogen (secondary N) is 1. The fourth-order valence-electron chi connectivity index (χ4n) is 6.59. The molecule has 0 radical (unpaired) electrons. The van der Waals surface area contributed by atoms with Crippen molar-refractivity contribution in [2.75, 3.05) is 11.5 Å². The van der Waals surface area contributed by atoms with E-state index in [0.717, 1.165) is 11.1 Å². The molecule has 48 heavy (non-hydrogen) atoms. The summed E-state index contributed by atoms with van der Waals surface area (Å²) in [5, 5.41) is 14.8. The SMILES string of the molecule is CC1(C)CCCC(c2cccc(CCC(=O)O)c2)n2cc(Cl)c(n2)-c2cc(ccc2F)Oc2c(F)cc3[nH]ccc3c2CCS(=O)(=O)C1. The Morgan fingerprint density at radius 2 is 1.96 bits per heavy atom. The van der Waals surface area contributed by atoms with Gasteiger partial charge in [0.05, 0.1) is 22.6 Å². The molecule has 0 aliphatic carbocycles. The Balaban J connectivity index is 1.47. The van der Waals surface area contributed by atoms with E-state index in [1.165, 1.54) is 24.3 Å². The van der Waals surface area contributed by atoms with Crippen molar-refractivity contribution in [3.8, 4) is 22.8 Å². The van der Waals surface area contributed by atoms with Gasteiger partial charge in [-0.25, -0.2) is 17.2 Å². The van der Waals surface area contributed by atoms with Crippen LogP contribution in [-0.2, 0) is 27.5 Å². The Morgan fingerprint density at radius 3 is 2.75 bits per heavy atom. The normalized spacial score (nSPS) is 18.0. The quantitative estimate of drug-likeness (QED) is 0.195. The molecule has 12 heteroatoms. The van der Waals surface area contributed by atoms with Crippen LogP contribution in [0.25, 0.3) is 22.2 Å². The summed E-state index contributed by atoms with van der Waals surface area (Å²) in [6, 6.07) is 14.2. The number of rotatable bonds is 4. The lowest BCUT2D eigenvalue weighted by molar-refractivity contribution is -0.136. The maximum absolute atomic E-state index is 15.6. The first kappa shape index (κ1) is 33.7. The minimum atomic E-state index is -3.58. The number of hydrogen-bond acceptors (Lipinski definition) is 5. The zero-order valence-corrected chi connectivity index (χ0v) is 28.2. The van der Waals surface area contributed by atoms with Crippen LogP contribution in [0.4, 0.5) is 8.78 Å². The molecule has 4 bridgehead atoms. The summed E-state index contributed by atoms with van der Waals surface area (Å²) in [6.07, 6.45) is 5.41. The molecule has 3 heterocycles. The van der Waals surface area contributed by atoms with Gasteiger partial charge in [0, 0.05) is 46.9 Å². The van der Waals surface area contributed by atoms with Crippen LogP contribution >= 0.6 is 11.6 Å². The molecule has 1 aliphatic rings. The third-order valence-electron chi connectivity index (χ3n) is 8.85. The van der Waals surface area contributed by atoms with Gasteiger partial charge in [-0.3, -0.25) is 9.48 Å². The Bertz CT molecular complexity index is 2110. The number of H-pyrrole nitrogens is 1. The van der Waals surface area contributed by atoms with Gasteiger partial charge in [-0.1, -0.05) is 56.1 Å². The van der Waals surface area contributed by atoms with Crippen LogP contribution in [0, 0.1) is 17.0 Å². The van der Waals surface area contributed by atoms with E-state index in [9.17, 15) is 18.3 Å². The fraction of sp³-hybridized carbons (Fsp3) is 0.333. The summed E-state index contributed by atoms with van der Waals surface area (Å²) < 4.78 is 65.8. The van der Waals surface area contributed by atoms with E-state index in [1.54, 1.807) is 23.1 Å². The standard InChI is InChI=1S/C36H36ClF2N3O5S/c1-36(2)14-4-7-32(23-6-3-5-22(17-23)8-11-33(43)44)42-20-28(37)34(41-42)27-18-24(9-10-29(27)38)47-35-26(13-16-48(45,46)21-36)25-12-15-40-31(25)19-30(35)39/h3,5-6,9-10,12,15,17-20,32,40H,4,7-8,11,13-14,16,21H2,1-2H3,(H,43,44). The number of ether oxygens (including phenoxy) is 1. The molecule has 6 rings (SSSR count). The number of carboxylic acid groups (broad SMARTS) is 1. The van der Waals surface area contributed by atoms with Crippen molar-refractivity contribution in [2.24, 2.45) is 5.41 Å². The molecule has 1 atom stereocenters. The molecule has 2 N–H and O–H groups in total. The second kappa shape index (κ2) is 13.4. The van der Waals surface area contributed by atoms with Crippen molar-refractivity contribution in [2.45, 2.75) is 58.4 Å². The van der Waals surface area contributed by atoms with Crippen LogP contribution in [0.3, 0.4) is 0 Å². The highest BCUT2D eigenvalue weighted by Crippen LogP contribution is 2.39. The van der Waals surface area contributed by atoms with Crippen molar-refractivity contribution in [1.29, 1.82) is 0 Å². The van der Waals surface area contributed by atoms with Crippen molar-refractivity contribution in [1.82, 2.24) is 14.8 Å². The van der Waals surface area contributed by atoms with Crippen LogP contribution in [0.15, 0.2) is 67.0 Å². The molecule has 2 aromatic heterocycles. The molecular weight excluding hydrogens is 660 g/mol. The maximum Gasteiger partial charge on any atom is 0.303 e. The Labute approximate surface area is 282 Å². The van der Waals surface area contributed by atoms with Gasteiger partial charge in [0.2, 0.25) is 0 Å². The minimum absolute atomic E-state index is 0.0172. The van der Waals surface area contributed by atoms with Gasteiger partial charge >= 0.3 is 5.97 Å². The van der Waals surface area contributed by atoms with Crippen LogP contribution in [0.5, 0.6) is 11.5 Å². The molecule has 0 spiro atoms. The van der Waals surface area contributed by atoms with Crippen molar-refractivity contribution < 1.29 is 31.8 Å². The Hall–Kier alpha value is -4.22. The number of sulfone groups is 1. The zero-order chi connectivity index (χ0) is 34.2. The van der Waals surface area contributed by atoms with Crippen LogP contribution in [0.2, 0.25) is 5.02 Å². The van der Waals surface area contributed by atoms with Crippen molar-refractivity contribution in [3.63, 3.8) is 0 Å². The first-order valence-corrected chi connectivity index (χ1v) is 18.0. The summed E-state index contributed by atoms with van der Waals surface area (Å²) in [6.45, 7) is 3.84. The molecule has 3 aromatic carbocycles.